The Bertz CT molecular complexity index is 1330. The molecule has 0 unspecified atom stereocenters. The van der Waals surface area contributed by atoms with Gasteiger partial charge >= 0.3 is 6.03 Å². The molecule has 1 aliphatic rings. The van der Waals surface area contributed by atoms with Gasteiger partial charge in [0.15, 0.2) is 11.5 Å². The van der Waals surface area contributed by atoms with Gasteiger partial charge in [-0.1, -0.05) is 75.0 Å². The Morgan fingerprint density at radius 1 is 0.971 bits per heavy atom. The van der Waals surface area contributed by atoms with E-state index in [-0.39, 0.29) is 18.8 Å². The van der Waals surface area contributed by atoms with Gasteiger partial charge in [0.2, 0.25) is 0 Å². The van der Waals surface area contributed by atoms with Crippen molar-refractivity contribution >= 4 is 57.1 Å². The van der Waals surface area contributed by atoms with E-state index < -0.39 is 11.9 Å². The monoisotopic (exact) mass is 574 g/mol. The Morgan fingerprint density at radius 2 is 1.69 bits per heavy atom. The summed E-state index contributed by atoms with van der Waals surface area (Å²) < 4.78 is 12.1. The van der Waals surface area contributed by atoms with Gasteiger partial charge in [0.25, 0.3) is 5.91 Å². The summed E-state index contributed by atoms with van der Waals surface area (Å²) in [5.74, 6) is 0.560. The zero-order valence-electron chi connectivity index (χ0n) is 18.9. The molecule has 3 amide bonds. The molecule has 0 spiro atoms. The van der Waals surface area contributed by atoms with Crippen molar-refractivity contribution in [2.75, 3.05) is 7.11 Å². The smallest absolute Gasteiger partial charge is 0.329 e. The van der Waals surface area contributed by atoms with E-state index in [9.17, 15) is 9.59 Å². The number of carbonyl (C=O) groups is 2. The normalized spacial score (nSPS) is 14.4. The molecule has 3 aromatic rings. The second kappa shape index (κ2) is 10.7. The fraction of sp³-hybridized carbons (Fsp3) is 0.154. The fourth-order valence-corrected chi connectivity index (χ4v) is 4.23. The maximum atomic E-state index is 12.9. The van der Waals surface area contributed by atoms with E-state index in [1.807, 2.05) is 37.3 Å². The molecule has 0 aliphatic carbocycles. The highest BCUT2D eigenvalue weighted by Gasteiger charge is 2.33. The number of ether oxygens (including phenoxy) is 2. The number of aryl methyl sites for hydroxylation is 1. The van der Waals surface area contributed by atoms with Crippen LogP contribution in [0.4, 0.5) is 4.79 Å². The minimum atomic E-state index is -0.466. The lowest BCUT2D eigenvalue weighted by molar-refractivity contribution is -0.123. The molecule has 0 bridgehead atoms. The van der Waals surface area contributed by atoms with Crippen LogP contribution in [0.15, 0.2) is 64.8 Å². The Morgan fingerprint density at radius 3 is 2.37 bits per heavy atom. The van der Waals surface area contributed by atoms with Crippen molar-refractivity contribution in [3.05, 3.63) is 97.1 Å². The molecule has 0 atom stereocenters. The van der Waals surface area contributed by atoms with E-state index in [0.29, 0.717) is 31.6 Å². The standard InChI is InChI=1S/C26H21BrCl2N2O4/c1-15-3-5-16(6-4-15)13-31-25(32)22(30-26(31)33)10-18-11-23(34-2)24(12-19(18)27)35-14-17-7-8-20(28)21(29)9-17/h3-12H,13-14H2,1-2H3,(H,30,33)/b22-10+. The number of methoxy groups -OCH3 is 1. The van der Waals surface area contributed by atoms with Gasteiger partial charge in [-0.25, -0.2) is 4.79 Å². The Balaban J connectivity index is 1.52. The summed E-state index contributed by atoms with van der Waals surface area (Å²) >= 11 is 15.6. The first-order valence-corrected chi connectivity index (χ1v) is 12.1. The molecule has 1 heterocycles. The molecule has 1 fully saturated rings. The number of carbonyl (C=O) groups excluding carboxylic acids is 2. The van der Waals surface area contributed by atoms with E-state index in [0.717, 1.165) is 16.7 Å². The number of imide groups is 1. The largest absolute Gasteiger partial charge is 0.493 e. The maximum absolute atomic E-state index is 12.9. The van der Waals surface area contributed by atoms with Crippen LogP contribution in [0.3, 0.4) is 0 Å². The van der Waals surface area contributed by atoms with Crippen LogP contribution in [0.25, 0.3) is 6.08 Å². The third kappa shape index (κ3) is 5.81. The average Bonchev–Trinajstić information content (AvgIpc) is 3.09. The van der Waals surface area contributed by atoms with Gasteiger partial charge in [0.1, 0.15) is 12.3 Å². The van der Waals surface area contributed by atoms with Gasteiger partial charge in [0, 0.05) is 4.47 Å². The second-order valence-corrected chi connectivity index (χ2v) is 9.60. The molecule has 1 aliphatic heterocycles. The third-order valence-electron chi connectivity index (χ3n) is 5.38. The van der Waals surface area contributed by atoms with E-state index in [2.05, 4.69) is 21.2 Å². The lowest BCUT2D eigenvalue weighted by atomic mass is 10.1. The van der Waals surface area contributed by atoms with Gasteiger partial charge in [-0.15, -0.1) is 0 Å². The zero-order valence-corrected chi connectivity index (χ0v) is 22.0. The van der Waals surface area contributed by atoms with Crippen LogP contribution in [0, 0.1) is 6.92 Å². The molecule has 0 aromatic heterocycles. The topological polar surface area (TPSA) is 67.9 Å². The number of hydrogen-bond donors (Lipinski definition) is 1. The minimum absolute atomic E-state index is 0.175. The zero-order chi connectivity index (χ0) is 25.1. The quantitative estimate of drug-likeness (QED) is 0.250. The highest BCUT2D eigenvalue weighted by molar-refractivity contribution is 9.10. The van der Waals surface area contributed by atoms with Crippen molar-refractivity contribution < 1.29 is 19.1 Å². The van der Waals surface area contributed by atoms with Gasteiger partial charge in [-0.3, -0.25) is 9.69 Å². The van der Waals surface area contributed by atoms with Crippen LogP contribution in [0.1, 0.15) is 22.3 Å². The first kappa shape index (κ1) is 25.1. The number of amides is 3. The number of benzene rings is 3. The number of nitrogens with one attached hydrogen (secondary N) is 1. The molecule has 35 heavy (non-hydrogen) atoms. The number of halogens is 3. The molecule has 180 valence electrons. The molecule has 4 rings (SSSR count). The summed E-state index contributed by atoms with van der Waals surface area (Å²) in [6.45, 7) is 2.42. The number of rotatable bonds is 7. The average molecular weight is 576 g/mol. The van der Waals surface area contributed by atoms with E-state index in [4.69, 9.17) is 32.7 Å². The Kier molecular flexibility index (Phi) is 7.69. The predicted molar refractivity (Wildman–Crippen MR) is 140 cm³/mol. The molecule has 1 N–H and O–H groups in total. The molecule has 0 saturated carbocycles. The number of hydrogen-bond acceptors (Lipinski definition) is 4. The second-order valence-electron chi connectivity index (χ2n) is 7.93. The summed E-state index contributed by atoms with van der Waals surface area (Å²) in [5.41, 5.74) is 3.64. The lowest BCUT2D eigenvalue weighted by Gasteiger charge is -2.13. The molecule has 1 saturated heterocycles. The first-order valence-electron chi connectivity index (χ1n) is 10.6. The van der Waals surface area contributed by atoms with Gasteiger partial charge in [0.05, 0.1) is 23.7 Å². The van der Waals surface area contributed by atoms with Crippen molar-refractivity contribution in [2.45, 2.75) is 20.1 Å². The summed E-state index contributed by atoms with van der Waals surface area (Å²) in [5, 5.41) is 3.57. The van der Waals surface area contributed by atoms with Crippen LogP contribution in [0.2, 0.25) is 10.0 Å². The van der Waals surface area contributed by atoms with E-state index in [1.165, 1.54) is 12.0 Å². The third-order valence-corrected chi connectivity index (χ3v) is 6.81. The lowest BCUT2D eigenvalue weighted by Crippen LogP contribution is -2.30. The van der Waals surface area contributed by atoms with E-state index >= 15 is 0 Å². The molecule has 9 heteroatoms. The van der Waals surface area contributed by atoms with Crippen molar-refractivity contribution in [3.63, 3.8) is 0 Å². The van der Waals surface area contributed by atoms with Crippen molar-refractivity contribution in [1.82, 2.24) is 10.2 Å². The predicted octanol–water partition coefficient (Wildman–Crippen LogP) is 6.74. The maximum Gasteiger partial charge on any atom is 0.329 e. The molecular weight excluding hydrogens is 555 g/mol. The van der Waals surface area contributed by atoms with Crippen LogP contribution in [0.5, 0.6) is 11.5 Å². The van der Waals surface area contributed by atoms with Crippen LogP contribution in [-0.2, 0) is 17.9 Å². The summed E-state index contributed by atoms with van der Waals surface area (Å²) in [4.78, 5) is 26.6. The van der Waals surface area contributed by atoms with Gasteiger partial charge in [-0.2, -0.15) is 0 Å². The van der Waals surface area contributed by atoms with E-state index in [1.54, 1.807) is 30.3 Å². The number of nitrogens with zero attached hydrogens (tertiary/aromatic N) is 1. The highest BCUT2D eigenvalue weighted by Crippen LogP contribution is 2.36. The minimum Gasteiger partial charge on any atom is -0.493 e. The summed E-state index contributed by atoms with van der Waals surface area (Å²) in [7, 11) is 1.53. The first-order chi connectivity index (χ1) is 16.7. The van der Waals surface area contributed by atoms with Crippen LogP contribution >= 0.6 is 39.1 Å². The van der Waals surface area contributed by atoms with Gasteiger partial charge < -0.3 is 14.8 Å². The summed E-state index contributed by atoms with van der Waals surface area (Å²) in [6, 6.07) is 16.0. The fourth-order valence-electron chi connectivity index (χ4n) is 3.47. The summed E-state index contributed by atoms with van der Waals surface area (Å²) in [6.07, 6.45) is 1.60. The van der Waals surface area contributed by atoms with Crippen molar-refractivity contribution in [3.8, 4) is 11.5 Å². The molecule has 3 aromatic carbocycles. The van der Waals surface area contributed by atoms with Crippen molar-refractivity contribution in [2.24, 2.45) is 0 Å². The SMILES string of the molecule is COc1cc(/C=C2/NC(=O)N(Cc3ccc(C)cc3)C2=O)c(Br)cc1OCc1ccc(Cl)c(Cl)c1. The van der Waals surface area contributed by atoms with Crippen LogP contribution < -0.4 is 14.8 Å². The highest BCUT2D eigenvalue weighted by atomic mass is 79.9. The van der Waals surface area contributed by atoms with Crippen LogP contribution in [-0.4, -0.2) is 23.9 Å². The Hall–Kier alpha value is -3.00. The molecule has 6 nitrogen and oxygen atoms in total. The van der Waals surface area contributed by atoms with Gasteiger partial charge in [-0.05, 0) is 54.0 Å². The van der Waals surface area contributed by atoms with Crippen molar-refractivity contribution in [1.29, 1.82) is 0 Å². The molecular formula is C26H21BrCl2N2O4. The number of urea groups is 1. The molecule has 0 radical (unpaired) electrons. The Labute approximate surface area is 221 Å².